The summed E-state index contributed by atoms with van der Waals surface area (Å²) < 4.78 is 194. The van der Waals surface area contributed by atoms with E-state index in [2.05, 4.69) is 0 Å². The lowest BCUT2D eigenvalue weighted by Gasteiger charge is -2.30. The average Bonchev–Trinajstić information content (AvgIpc) is 2.38. The molecule has 1 rings (SSSR count). The highest BCUT2D eigenvalue weighted by Gasteiger charge is 2.60. The second-order valence-corrected chi connectivity index (χ2v) is 5.00. The normalized spacial score (nSPS) is 14.6. The molecule has 0 aliphatic rings. The number of aliphatic hydroxyl groups is 1. The molecule has 0 aromatic heterocycles. The number of rotatable bonds is 1. The molecule has 0 aliphatic heterocycles. The van der Waals surface area contributed by atoms with Gasteiger partial charge in [-0.3, -0.25) is 0 Å². The fraction of sp³-hybridized carbons (Fsp3) is 0.500. The largest absolute Gasteiger partial charge is 0.417 e. The Balaban J connectivity index is 4.67. The summed E-state index contributed by atoms with van der Waals surface area (Å²) in [6, 6.07) is 0. The lowest BCUT2D eigenvalue weighted by molar-refractivity contribution is -0.189. The van der Waals surface area contributed by atoms with E-state index in [0.29, 0.717) is 0 Å². The molecule has 162 valence electrons. The zero-order valence-corrected chi connectivity index (χ0v) is 12.3. The van der Waals surface area contributed by atoms with Gasteiger partial charge in [-0.05, 0) is 0 Å². The monoisotopic (exact) mass is 448 g/mol. The summed E-state index contributed by atoms with van der Waals surface area (Å²) in [5.74, 6) is 0. The van der Waals surface area contributed by atoms with Gasteiger partial charge in [0.05, 0.1) is 34.4 Å². The molecule has 0 atom stereocenters. The topological polar surface area (TPSA) is 20.2 Å². The zero-order valence-electron chi connectivity index (χ0n) is 12.3. The number of benzene rings is 1. The van der Waals surface area contributed by atoms with Gasteiger partial charge in [0.2, 0.25) is 0 Å². The van der Waals surface area contributed by atoms with Crippen LogP contribution >= 0.6 is 0 Å². The first-order valence-electron chi connectivity index (χ1n) is 6.25. The average molecular weight is 448 g/mol. The second-order valence-electron chi connectivity index (χ2n) is 5.00. The molecule has 0 saturated heterocycles. The molecule has 1 nitrogen and oxygen atoms in total. The Morgan fingerprint density at radius 3 is 0.714 bits per heavy atom. The number of halogens is 15. The molecule has 0 unspecified atom stereocenters. The van der Waals surface area contributed by atoms with Crippen LogP contribution in [-0.4, -0.2) is 5.11 Å². The van der Waals surface area contributed by atoms with Crippen molar-refractivity contribution in [3.8, 4) is 0 Å². The van der Waals surface area contributed by atoms with Crippen LogP contribution in [0.3, 0.4) is 0 Å². The van der Waals surface area contributed by atoms with E-state index in [1.165, 1.54) is 0 Å². The van der Waals surface area contributed by atoms with E-state index in [9.17, 15) is 65.9 Å². The van der Waals surface area contributed by atoms with Crippen LogP contribution < -0.4 is 0 Å². The van der Waals surface area contributed by atoms with E-state index in [1.54, 1.807) is 0 Å². The summed E-state index contributed by atoms with van der Waals surface area (Å²) >= 11 is 0. The van der Waals surface area contributed by atoms with Crippen molar-refractivity contribution in [2.75, 3.05) is 0 Å². The van der Waals surface area contributed by atoms with Crippen molar-refractivity contribution in [2.45, 2.75) is 37.5 Å². The first-order valence-corrected chi connectivity index (χ1v) is 6.25. The van der Waals surface area contributed by atoms with E-state index >= 15 is 0 Å². The Hall–Kier alpha value is -1.87. The number of hydrogen-bond acceptors (Lipinski definition) is 1. The highest BCUT2D eigenvalue weighted by molar-refractivity contribution is 5.57. The van der Waals surface area contributed by atoms with E-state index < -0.39 is 70.9 Å². The minimum atomic E-state index is -6.93. The van der Waals surface area contributed by atoms with E-state index in [-0.39, 0.29) is 0 Å². The van der Waals surface area contributed by atoms with Crippen molar-refractivity contribution in [3.05, 3.63) is 33.4 Å². The molecular formula is C12H3F15O. The summed E-state index contributed by atoms with van der Waals surface area (Å²) in [7, 11) is 0. The van der Waals surface area contributed by atoms with Gasteiger partial charge in [-0.1, -0.05) is 0 Å². The van der Waals surface area contributed by atoms with E-state index in [4.69, 9.17) is 5.11 Å². The zero-order chi connectivity index (χ0) is 22.7. The van der Waals surface area contributed by atoms with Crippen molar-refractivity contribution >= 4 is 0 Å². The highest BCUT2D eigenvalue weighted by Crippen LogP contribution is 2.56. The van der Waals surface area contributed by atoms with Crippen LogP contribution in [0.4, 0.5) is 65.9 Å². The summed E-state index contributed by atoms with van der Waals surface area (Å²) in [6.07, 6.45) is -33.8. The maximum Gasteiger partial charge on any atom is 0.417 e. The van der Waals surface area contributed by atoms with Gasteiger partial charge in [-0.25, -0.2) is 0 Å². The van der Waals surface area contributed by atoms with Crippen LogP contribution in [0.25, 0.3) is 0 Å². The molecule has 0 amide bonds. The van der Waals surface area contributed by atoms with E-state index in [0.717, 1.165) is 0 Å². The molecule has 0 heterocycles. The van der Waals surface area contributed by atoms with Crippen LogP contribution in [-0.2, 0) is 37.5 Å². The van der Waals surface area contributed by atoms with Crippen LogP contribution in [0.2, 0.25) is 0 Å². The lowest BCUT2D eigenvalue weighted by Crippen LogP contribution is -2.33. The minimum absolute atomic E-state index is 2.71. The lowest BCUT2D eigenvalue weighted by atomic mass is 9.84. The molecule has 1 aromatic carbocycles. The smallest absolute Gasteiger partial charge is 0.392 e. The molecular weight excluding hydrogens is 445 g/mol. The number of hydrogen-bond donors (Lipinski definition) is 1. The van der Waals surface area contributed by atoms with Crippen molar-refractivity contribution in [3.63, 3.8) is 0 Å². The summed E-state index contributed by atoms with van der Waals surface area (Å²) in [5.41, 5.74) is -22.7. The Morgan fingerprint density at radius 1 is 0.393 bits per heavy atom. The predicted molar refractivity (Wildman–Crippen MR) is 57.4 cm³/mol. The number of alkyl halides is 15. The highest BCUT2D eigenvalue weighted by atomic mass is 19.4. The molecule has 0 bridgehead atoms. The van der Waals surface area contributed by atoms with Crippen LogP contribution in [0, 0.1) is 0 Å². The van der Waals surface area contributed by atoms with Crippen LogP contribution in [0.1, 0.15) is 33.4 Å². The Labute approximate surface area is 143 Å². The number of aliphatic hydroxyl groups excluding tert-OH is 1. The van der Waals surface area contributed by atoms with Crippen molar-refractivity contribution < 1.29 is 71.0 Å². The summed E-state index contributed by atoms with van der Waals surface area (Å²) in [4.78, 5) is 0. The maximum absolute atomic E-state index is 13.0. The van der Waals surface area contributed by atoms with Gasteiger partial charge in [-0.15, -0.1) is 0 Å². The Morgan fingerprint density at radius 2 is 0.571 bits per heavy atom. The predicted octanol–water partition coefficient (Wildman–Crippen LogP) is 6.27. The Kier molecular flexibility index (Phi) is 5.69. The van der Waals surface area contributed by atoms with Crippen molar-refractivity contribution in [1.82, 2.24) is 0 Å². The minimum Gasteiger partial charge on any atom is -0.392 e. The first kappa shape index (κ1) is 24.2. The van der Waals surface area contributed by atoms with Gasteiger partial charge in [0.15, 0.2) is 0 Å². The SMILES string of the molecule is OCc1c(C(F)(F)F)c(C(F)(F)F)c(C(F)(F)F)c(C(F)(F)F)c1C(F)(F)F. The van der Waals surface area contributed by atoms with Gasteiger partial charge < -0.3 is 5.11 Å². The molecule has 1 N–H and O–H groups in total. The molecule has 1 aromatic rings. The van der Waals surface area contributed by atoms with Crippen molar-refractivity contribution in [2.24, 2.45) is 0 Å². The van der Waals surface area contributed by atoms with Gasteiger partial charge in [0.1, 0.15) is 0 Å². The summed E-state index contributed by atoms with van der Waals surface area (Å²) in [6.45, 7) is -2.71. The fourth-order valence-corrected chi connectivity index (χ4v) is 2.44. The second kappa shape index (κ2) is 6.59. The maximum atomic E-state index is 13.0. The third-order valence-electron chi connectivity index (χ3n) is 3.18. The third kappa shape index (κ3) is 4.41. The van der Waals surface area contributed by atoms with Crippen molar-refractivity contribution in [1.29, 1.82) is 0 Å². The first-order chi connectivity index (χ1) is 12.1. The van der Waals surface area contributed by atoms with Crippen LogP contribution in [0.15, 0.2) is 0 Å². The summed E-state index contributed by atoms with van der Waals surface area (Å²) in [5, 5.41) is 8.68. The molecule has 0 radical (unpaired) electrons. The van der Waals surface area contributed by atoms with Gasteiger partial charge in [0, 0.05) is 5.56 Å². The quantitative estimate of drug-likeness (QED) is 0.502. The molecule has 0 spiro atoms. The molecule has 0 aliphatic carbocycles. The molecule has 0 fully saturated rings. The van der Waals surface area contributed by atoms with Gasteiger partial charge in [-0.2, -0.15) is 65.9 Å². The molecule has 28 heavy (non-hydrogen) atoms. The standard InChI is InChI=1S/C12H3F15O/c13-8(14,15)3-2(1-28)4(9(16,17)18)6(11(22,23)24)7(12(25,26)27)5(3)10(19,20)21/h28H,1H2. The van der Waals surface area contributed by atoms with Crippen LogP contribution in [0.5, 0.6) is 0 Å². The van der Waals surface area contributed by atoms with Gasteiger partial charge >= 0.3 is 30.9 Å². The third-order valence-corrected chi connectivity index (χ3v) is 3.18. The molecule has 16 heteroatoms. The molecule has 0 saturated carbocycles. The van der Waals surface area contributed by atoms with Gasteiger partial charge in [0.25, 0.3) is 0 Å². The fourth-order valence-electron chi connectivity index (χ4n) is 2.44. The Bertz CT molecular complexity index is 688. The van der Waals surface area contributed by atoms with E-state index in [1.807, 2.05) is 0 Å².